The molecule has 8 heteroatoms. The smallest absolute Gasteiger partial charge is 0.377 e. The summed E-state index contributed by atoms with van der Waals surface area (Å²) >= 11 is 7.06. The highest BCUT2D eigenvalue weighted by Gasteiger charge is 2.29. The van der Waals surface area contributed by atoms with Gasteiger partial charge in [-0.2, -0.15) is 13.2 Å². The van der Waals surface area contributed by atoms with Crippen molar-refractivity contribution in [2.45, 2.75) is 22.9 Å². The number of halogens is 5. The maximum absolute atomic E-state index is 12.7. The van der Waals surface area contributed by atoms with Crippen molar-refractivity contribution in [3.63, 3.8) is 0 Å². The lowest BCUT2D eigenvalue weighted by Gasteiger charge is -2.19. The Labute approximate surface area is 203 Å². The molecule has 1 unspecified atom stereocenters. The predicted octanol–water partition coefficient (Wildman–Crippen LogP) is 8.75. The van der Waals surface area contributed by atoms with Gasteiger partial charge in [-0.05, 0) is 69.7 Å². The van der Waals surface area contributed by atoms with E-state index in [9.17, 15) is 13.2 Å². The Morgan fingerprint density at radius 2 is 1.69 bits per heavy atom. The second kappa shape index (κ2) is 8.39. The van der Waals surface area contributed by atoms with Gasteiger partial charge in [0.05, 0.1) is 17.3 Å². The molecular weight excluding hydrogens is 565 g/mol. The first-order valence-corrected chi connectivity index (χ1v) is 12.2. The van der Waals surface area contributed by atoms with Crippen LogP contribution in [0.15, 0.2) is 80.6 Å². The van der Waals surface area contributed by atoms with Crippen LogP contribution in [0.3, 0.4) is 0 Å². The Kier molecular flexibility index (Phi) is 5.72. The molecule has 0 saturated heterocycles. The van der Waals surface area contributed by atoms with E-state index in [1.165, 1.54) is 12.1 Å². The summed E-state index contributed by atoms with van der Waals surface area (Å²) in [4.78, 5) is 5.17. The first kappa shape index (κ1) is 21.8. The molecule has 2 heterocycles. The van der Waals surface area contributed by atoms with Gasteiger partial charge in [0.25, 0.3) is 0 Å². The molecule has 1 N–H and O–H groups in total. The molecule has 0 fully saturated rings. The molecule has 0 saturated carbocycles. The van der Waals surface area contributed by atoms with Crippen LogP contribution in [0.1, 0.15) is 17.3 Å². The third kappa shape index (κ3) is 4.40. The lowest BCUT2D eigenvalue weighted by molar-refractivity contribution is -0.0328. The SMILES string of the molecule is FC(F)(F)Sc1ccc(C2Cc3nc4c(Br)cc(Br)cc4cc3-c3ccccc3N2)cc1. The number of benzene rings is 3. The van der Waals surface area contributed by atoms with Crippen LogP contribution >= 0.6 is 43.6 Å². The first-order valence-electron chi connectivity index (χ1n) is 9.77. The van der Waals surface area contributed by atoms with Crippen molar-refractivity contribution in [2.24, 2.45) is 0 Å². The van der Waals surface area contributed by atoms with Crippen LogP contribution in [-0.2, 0) is 6.42 Å². The van der Waals surface area contributed by atoms with E-state index in [0.29, 0.717) is 6.42 Å². The first-order chi connectivity index (χ1) is 15.3. The van der Waals surface area contributed by atoms with Gasteiger partial charge in [0.2, 0.25) is 0 Å². The van der Waals surface area contributed by atoms with Crippen molar-refractivity contribution < 1.29 is 13.2 Å². The number of para-hydroxylation sites is 1. The number of hydrogen-bond donors (Lipinski definition) is 1. The number of thioether (sulfide) groups is 1. The van der Waals surface area contributed by atoms with Crippen molar-refractivity contribution in [1.29, 1.82) is 0 Å². The minimum absolute atomic E-state index is 0.100. The molecular formula is C24H15Br2F3N2S. The summed E-state index contributed by atoms with van der Waals surface area (Å²) in [7, 11) is 0. The van der Waals surface area contributed by atoms with Crippen LogP contribution in [-0.4, -0.2) is 10.5 Å². The van der Waals surface area contributed by atoms with Crippen LogP contribution in [0.2, 0.25) is 0 Å². The molecule has 1 aliphatic heterocycles. The number of anilines is 1. The Morgan fingerprint density at radius 3 is 2.44 bits per heavy atom. The summed E-state index contributed by atoms with van der Waals surface area (Å²) < 4.78 is 40.0. The highest BCUT2D eigenvalue weighted by atomic mass is 79.9. The van der Waals surface area contributed by atoms with Gasteiger partial charge in [-0.1, -0.05) is 46.3 Å². The third-order valence-corrected chi connectivity index (χ3v) is 7.18. The van der Waals surface area contributed by atoms with Crippen molar-refractivity contribution in [2.75, 3.05) is 5.32 Å². The number of hydrogen-bond acceptors (Lipinski definition) is 3. The summed E-state index contributed by atoms with van der Waals surface area (Å²) in [6.45, 7) is 0. The number of alkyl halides is 3. The maximum atomic E-state index is 12.7. The second-order valence-corrected chi connectivity index (χ2v) is 10.4. The lowest BCUT2D eigenvalue weighted by Crippen LogP contribution is -2.13. The number of rotatable bonds is 2. The van der Waals surface area contributed by atoms with E-state index in [4.69, 9.17) is 4.98 Å². The Balaban J connectivity index is 1.60. The zero-order valence-electron chi connectivity index (χ0n) is 16.4. The number of fused-ring (bicyclic) bond motifs is 4. The molecule has 1 aromatic heterocycles. The Morgan fingerprint density at radius 1 is 0.938 bits per heavy atom. The Bertz CT molecular complexity index is 1320. The third-order valence-electron chi connectivity index (χ3n) is 5.38. The molecule has 5 rings (SSSR count). The number of nitrogens with one attached hydrogen (secondary N) is 1. The molecule has 3 aromatic carbocycles. The quantitative estimate of drug-likeness (QED) is 0.240. The van der Waals surface area contributed by atoms with Crippen molar-refractivity contribution in [3.05, 3.63) is 86.9 Å². The van der Waals surface area contributed by atoms with Crippen LogP contribution in [0, 0.1) is 0 Å². The Hall–Kier alpha value is -2.03. The summed E-state index contributed by atoms with van der Waals surface area (Å²) in [6.07, 6.45) is 0.605. The van der Waals surface area contributed by atoms with Gasteiger partial charge in [-0.3, -0.25) is 4.98 Å². The minimum atomic E-state index is -4.30. The number of pyridine rings is 1. The zero-order chi connectivity index (χ0) is 22.5. The summed E-state index contributed by atoms with van der Waals surface area (Å²) in [5, 5.41) is 4.60. The molecule has 1 atom stereocenters. The lowest BCUT2D eigenvalue weighted by atomic mass is 9.97. The second-order valence-electron chi connectivity index (χ2n) is 7.51. The molecule has 32 heavy (non-hydrogen) atoms. The normalized spacial score (nSPS) is 15.6. The molecule has 0 radical (unpaired) electrons. The van der Waals surface area contributed by atoms with Crippen LogP contribution in [0.4, 0.5) is 18.9 Å². The van der Waals surface area contributed by atoms with Crippen LogP contribution in [0.25, 0.3) is 22.0 Å². The van der Waals surface area contributed by atoms with E-state index in [1.54, 1.807) is 12.1 Å². The van der Waals surface area contributed by atoms with Crippen LogP contribution in [0.5, 0.6) is 0 Å². The highest BCUT2D eigenvalue weighted by molar-refractivity contribution is 9.11. The fourth-order valence-corrected chi connectivity index (χ4v) is 5.90. The number of aromatic nitrogens is 1. The fraction of sp³-hybridized carbons (Fsp3) is 0.125. The molecule has 1 aliphatic rings. The van der Waals surface area contributed by atoms with Crippen molar-refractivity contribution >= 4 is 60.2 Å². The van der Waals surface area contributed by atoms with E-state index in [0.717, 1.165) is 47.9 Å². The van der Waals surface area contributed by atoms with E-state index >= 15 is 0 Å². The minimum Gasteiger partial charge on any atom is -0.377 e. The molecule has 0 spiro atoms. The average Bonchev–Trinajstić information content (AvgIpc) is 2.88. The topological polar surface area (TPSA) is 24.9 Å². The van der Waals surface area contributed by atoms with Gasteiger partial charge in [0, 0.05) is 42.5 Å². The summed E-state index contributed by atoms with van der Waals surface area (Å²) in [6, 6.07) is 20.7. The highest BCUT2D eigenvalue weighted by Crippen LogP contribution is 2.42. The average molecular weight is 580 g/mol. The monoisotopic (exact) mass is 578 g/mol. The van der Waals surface area contributed by atoms with Gasteiger partial charge in [0.1, 0.15) is 0 Å². The van der Waals surface area contributed by atoms with Crippen molar-refractivity contribution in [3.8, 4) is 11.1 Å². The van der Waals surface area contributed by atoms with Gasteiger partial charge < -0.3 is 5.32 Å². The predicted molar refractivity (Wildman–Crippen MR) is 131 cm³/mol. The van der Waals surface area contributed by atoms with E-state index < -0.39 is 5.51 Å². The van der Waals surface area contributed by atoms with E-state index in [1.807, 2.05) is 30.3 Å². The van der Waals surface area contributed by atoms with Crippen molar-refractivity contribution in [1.82, 2.24) is 4.98 Å². The van der Waals surface area contributed by atoms with E-state index in [2.05, 4.69) is 49.3 Å². The van der Waals surface area contributed by atoms with Gasteiger partial charge in [-0.25, -0.2) is 0 Å². The molecule has 4 aromatic rings. The molecule has 162 valence electrons. The standard InChI is InChI=1S/C24H15Br2F3N2S/c25-15-9-14-10-18-17-3-1-2-4-20(17)30-21(12-22(18)31-23(14)19(26)11-15)13-5-7-16(8-6-13)32-24(27,28)29/h1-11,21,30H,12H2. The molecule has 0 aliphatic carbocycles. The number of nitrogens with zero attached hydrogens (tertiary/aromatic N) is 1. The van der Waals surface area contributed by atoms with Crippen LogP contribution < -0.4 is 5.32 Å². The molecule has 0 amide bonds. The summed E-state index contributed by atoms with van der Waals surface area (Å²) in [5.74, 6) is 0. The zero-order valence-corrected chi connectivity index (χ0v) is 20.4. The maximum Gasteiger partial charge on any atom is 0.446 e. The molecule has 2 nitrogen and oxygen atoms in total. The molecule has 0 bridgehead atoms. The van der Waals surface area contributed by atoms with Gasteiger partial charge in [0.15, 0.2) is 0 Å². The fourth-order valence-electron chi connectivity index (χ4n) is 4.02. The largest absolute Gasteiger partial charge is 0.446 e. The van der Waals surface area contributed by atoms with Gasteiger partial charge in [-0.15, -0.1) is 0 Å². The van der Waals surface area contributed by atoms with Gasteiger partial charge >= 0.3 is 5.51 Å². The summed E-state index contributed by atoms with van der Waals surface area (Å²) in [5.41, 5.74) is 1.51. The van der Waals surface area contributed by atoms with E-state index in [-0.39, 0.29) is 22.7 Å².